The second-order valence-electron chi connectivity index (χ2n) is 4.91. The highest BCUT2D eigenvalue weighted by Gasteiger charge is 2.08. The van der Waals surface area contributed by atoms with E-state index in [9.17, 15) is 0 Å². The lowest BCUT2D eigenvalue weighted by molar-refractivity contribution is 0.465. The molecule has 0 bridgehead atoms. The molecule has 3 heteroatoms. The van der Waals surface area contributed by atoms with Crippen LogP contribution in [0.2, 0.25) is 0 Å². The molecule has 0 amide bonds. The molecule has 0 aliphatic carbocycles. The van der Waals surface area contributed by atoms with Crippen LogP contribution in [-0.4, -0.2) is 4.98 Å². The van der Waals surface area contributed by atoms with Gasteiger partial charge in [0.2, 0.25) is 5.88 Å². The van der Waals surface area contributed by atoms with Crippen molar-refractivity contribution in [2.75, 3.05) is 5.73 Å². The largest absolute Gasteiger partial charge is 0.438 e. The van der Waals surface area contributed by atoms with Crippen LogP contribution in [0.5, 0.6) is 11.6 Å². The highest BCUT2D eigenvalue weighted by atomic mass is 16.5. The smallest absolute Gasteiger partial charge is 0.227 e. The Morgan fingerprint density at radius 3 is 2.65 bits per heavy atom. The van der Waals surface area contributed by atoms with E-state index < -0.39 is 0 Å². The summed E-state index contributed by atoms with van der Waals surface area (Å²) in [5.74, 6) is 1.41. The average Bonchev–Trinajstić information content (AvgIpc) is 2.45. The lowest BCUT2D eigenvalue weighted by Gasteiger charge is -2.12. The molecule has 0 radical (unpaired) electrons. The summed E-state index contributed by atoms with van der Waals surface area (Å²) in [4.78, 5) is 4.34. The minimum absolute atomic E-state index is 0.621. The van der Waals surface area contributed by atoms with E-state index in [1.807, 2.05) is 56.3 Å². The predicted molar refractivity (Wildman–Crippen MR) is 82.1 cm³/mol. The minimum Gasteiger partial charge on any atom is -0.438 e. The molecule has 1 aromatic heterocycles. The van der Waals surface area contributed by atoms with Crippen LogP contribution in [0.25, 0.3) is 10.8 Å². The van der Waals surface area contributed by atoms with Gasteiger partial charge in [0.25, 0.3) is 0 Å². The molecule has 2 N–H and O–H groups in total. The summed E-state index contributed by atoms with van der Waals surface area (Å²) in [5.41, 5.74) is 8.69. The molecule has 20 heavy (non-hydrogen) atoms. The van der Waals surface area contributed by atoms with Gasteiger partial charge in [-0.15, -0.1) is 0 Å². The third kappa shape index (κ3) is 2.18. The second kappa shape index (κ2) is 4.85. The van der Waals surface area contributed by atoms with Crippen LogP contribution < -0.4 is 10.5 Å². The van der Waals surface area contributed by atoms with Crippen molar-refractivity contribution in [2.45, 2.75) is 13.8 Å². The van der Waals surface area contributed by atoms with Crippen molar-refractivity contribution in [3.63, 3.8) is 0 Å². The number of nitrogens with zero attached hydrogens (tertiary/aromatic N) is 1. The maximum absolute atomic E-state index is 5.99. The number of aromatic nitrogens is 1. The molecule has 0 saturated carbocycles. The lowest BCUT2D eigenvalue weighted by Crippen LogP contribution is -1.95. The van der Waals surface area contributed by atoms with Gasteiger partial charge in [-0.1, -0.05) is 18.2 Å². The van der Waals surface area contributed by atoms with Crippen molar-refractivity contribution >= 4 is 16.5 Å². The molecule has 3 rings (SSSR count). The fraction of sp³-hybridized carbons (Fsp3) is 0.118. The molecule has 0 spiro atoms. The quantitative estimate of drug-likeness (QED) is 0.705. The van der Waals surface area contributed by atoms with Crippen LogP contribution in [0.1, 0.15) is 11.1 Å². The summed E-state index contributed by atoms with van der Waals surface area (Å²) in [6.07, 6.45) is 1.76. The Balaban J connectivity index is 2.08. The van der Waals surface area contributed by atoms with Crippen LogP contribution in [-0.2, 0) is 0 Å². The molecule has 1 heterocycles. The molecular weight excluding hydrogens is 248 g/mol. The summed E-state index contributed by atoms with van der Waals surface area (Å²) in [6.45, 7) is 3.95. The second-order valence-corrected chi connectivity index (χ2v) is 4.91. The average molecular weight is 264 g/mol. The van der Waals surface area contributed by atoms with E-state index in [2.05, 4.69) is 4.98 Å². The van der Waals surface area contributed by atoms with Crippen molar-refractivity contribution in [1.29, 1.82) is 0 Å². The van der Waals surface area contributed by atoms with Crippen molar-refractivity contribution in [1.82, 2.24) is 4.98 Å². The molecule has 0 atom stereocenters. The van der Waals surface area contributed by atoms with Crippen LogP contribution in [0, 0.1) is 13.8 Å². The van der Waals surface area contributed by atoms with Gasteiger partial charge in [-0.05, 0) is 54.6 Å². The minimum atomic E-state index is 0.621. The summed E-state index contributed by atoms with van der Waals surface area (Å²) >= 11 is 0. The van der Waals surface area contributed by atoms with Crippen molar-refractivity contribution in [3.8, 4) is 11.6 Å². The molecule has 2 aromatic carbocycles. The zero-order valence-corrected chi connectivity index (χ0v) is 11.6. The van der Waals surface area contributed by atoms with Crippen molar-refractivity contribution in [2.24, 2.45) is 0 Å². The van der Waals surface area contributed by atoms with Crippen molar-refractivity contribution < 1.29 is 4.74 Å². The van der Waals surface area contributed by atoms with E-state index in [-0.39, 0.29) is 0 Å². The van der Waals surface area contributed by atoms with E-state index in [0.29, 0.717) is 5.88 Å². The van der Waals surface area contributed by atoms with E-state index >= 15 is 0 Å². The number of ether oxygens (including phenoxy) is 1. The number of aryl methyl sites for hydroxylation is 2. The number of nitrogen functional groups attached to an aromatic ring is 1. The highest BCUT2D eigenvalue weighted by molar-refractivity contribution is 5.86. The number of nitrogens with two attached hydrogens (primary N) is 1. The molecule has 0 fully saturated rings. The zero-order valence-electron chi connectivity index (χ0n) is 11.6. The van der Waals surface area contributed by atoms with Gasteiger partial charge in [-0.2, -0.15) is 0 Å². The Morgan fingerprint density at radius 1 is 1.00 bits per heavy atom. The first kappa shape index (κ1) is 12.5. The first-order valence-electron chi connectivity index (χ1n) is 6.53. The van der Waals surface area contributed by atoms with E-state index in [1.54, 1.807) is 6.20 Å². The van der Waals surface area contributed by atoms with Gasteiger partial charge < -0.3 is 10.5 Å². The van der Waals surface area contributed by atoms with Crippen LogP contribution in [0.4, 0.5) is 5.69 Å². The van der Waals surface area contributed by atoms with Gasteiger partial charge >= 0.3 is 0 Å². The summed E-state index contributed by atoms with van der Waals surface area (Å²) in [7, 11) is 0. The Labute approximate surface area is 118 Å². The van der Waals surface area contributed by atoms with Gasteiger partial charge in [-0.3, -0.25) is 0 Å². The number of fused-ring (bicyclic) bond motifs is 1. The monoisotopic (exact) mass is 264 g/mol. The molecular formula is C17H16N2O. The predicted octanol–water partition coefficient (Wildman–Crippen LogP) is 4.23. The molecule has 0 aliphatic rings. The fourth-order valence-corrected chi connectivity index (χ4v) is 2.20. The van der Waals surface area contributed by atoms with Gasteiger partial charge in [0.15, 0.2) is 0 Å². The molecule has 3 aromatic rings. The normalized spacial score (nSPS) is 10.7. The first-order chi connectivity index (χ1) is 9.65. The topological polar surface area (TPSA) is 48.1 Å². The first-order valence-corrected chi connectivity index (χ1v) is 6.53. The number of anilines is 1. The number of hydrogen-bond donors (Lipinski definition) is 1. The van der Waals surface area contributed by atoms with Gasteiger partial charge in [-0.25, -0.2) is 4.98 Å². The van der Waals surface area contributed by atoms with Crippen LogP contribution in [0.3, 0.4) is 0 Å². The molecule has 0 saturated heterocycles. The Bertz CT molecular complexity index is 776. The lowest BCUT2D eigenvalue weighted by atomic mass is 10.1. The summed E-state index contributed by atoms with van der Waals surface area (Å²) in [6, 6.07) is 13.9. The van der Waals surface area contributed by atoms with E-state index in [0.717, 1.165) is 33.3 Å². The molecule has 0 aliphatic heterocycles. The van der Waals surface area contributed by atoms with Crippen LogP contribution in [0.15, 0.2) is 48.7 Å². The van der Waals surface area contributed by atoms with E-state index in [4.69, 9.17) is 10.5 Å². The third-order valence-electron chi connectivity index (χ3n) is 3.41. The number of pyridine rings is 1. The molecule has 0 unspecified atom stereocenters. The zero-order chi connectivity index (χ0) is 14.1. The van der Waals surface area contributed by atoms with Gasteiger partial charge in [0.1, 0.15) is 5.75 Å². The fourth-order valence-electron chi connectivity index (χ4n) is 2.20. The number of benzene rings is 2. The third-order valence-corrected chi connectivity index (χ3v) is 3.41. The van der Waals surface area contributed by atoms with E-state index in [1.165, 1.54) is 0 Å². The maximum atomic E-state index is 5.99. The number of rotatable bonds is 2. The molecule has 3 nitrogen and oxygen atoms in total. The molecule has 100 valence electrons. The van der Waals surface area contributed by atoms with Crippen molar-refractivity contribution in [3.05, 3.63) is 59.8 Å². The highest BCUT2D eigenvalue weighted by Crippen LogP contribution is 2.31. The number of hydrogen-bond acceptors (Lipinski definition) is 3. The van der Waals surface area contributed by atoms with Gasteiger partial charge in [0.05, 0.1) is 0 Å². The Kier molecular flexibility index (Phi) is 3.03. The summed E-state index contributed by atoms with van der Waals surface area (Å²) < 4.78 is 5.99. The maximum Gasteiger partial charge on any atom is 0.227 e. The SMILES string of the molecule is Cc1cc(Oc2nccc3ccccc23)c(C)cc1N. The summed E-state index contributed by atoms with van der Waals surface area (Å²) in [5, 5.41) is 2.12. The van der Waals surface area contributed by atoms with Crippen LogP contribution >= 0.6 is 0 Å². The Morgan fingerprint density at radius 2 is 1.80 bits per heavy atom. The standard InChI is InChI=1S/C17H16N2O/c1-11-10-16(12(2)9-15(11)18)20-17-14-6-4-3-5-13(14)7-8-19-17/h3-10H,18H2,1-2H3. The Hall–Kier alpha value is -2.55. The van der Waals surface area contributed by atoms with Gasteiger partial charge in [0, 0.05) is 17.3 Å².